The zero-order chi connectivity index (χ0) is 13.0. The fourth-order valence-corrected chi connectivity index (χ4v) is 2.64. The van der Waals surface area contributed by atoms with E-state index >= 15 is 0 Å². The molecule has 1 aliphatic carbocycles. The lowest BCUT2D eigenvalue weighted by atomic mass is 10.1. The molecule has 0 aliphatic heterocycles. The Balaban J connectivity index is 2.07. The first-order valence-electron chi connectivity index (χ1n) is 6.88. The number of aromatic nitrogens is 1. The van der Waals surface area contributed by atoms with Crippen LogP contribution in [0.3, 0.4) is 0 Å². The Morgan fingerprint density at radius 3 is 2.39 bits per heavy atom. The van der Waals surface area contributed by atoms with Crippen LogP contribution in [-0.2, 0) is 0 Å². The van der Waals surface area contributed by atoms with Crippen LogP contribution >= 0.6 is 0 Å². The summed E-state index contributed by atoms with van der Waals surface area (Å²) in [4.78, 5) is 17.9. The maximum Gasteiger partial charge on any atom is 0.161 e. The van der Waals surface area contributed by atoms with E-state index in [9.17, 15) is 4.79 Å². The monoisotopic (exact) mass is 246 g/mol. The first kappa shape index (κ1) is 13.1. The van der Waals surface area contributed by atoms with E-state index in [1.54, 1.807) is 13.1 Å². The van der Waals surface area contributed by atoms with Gasteiger partial charge >= 0.3 is 0 Å². The molecule has 0 unspecified atom stereocenters. The zero-order valence-electron chi connectivity index (χ0n) is 11.4. The van der Waals surface area contributed by atoms with E-state index in [1.165, 1.54) is 38.5 Å². The van der Waals surface area contributed by atoms with Gasteiger partial charge in [-0.05, 0) is 31.9 Å². The lowest BCUT2D eigenvalue weighted by Crippen LogP contribution is -2.31. The number of hydrogen-bond donors (Lipinski definition) is 0. The van der Waals surface area contributed by atoms with Gasteiger partial charge in [0.1, 0.15) is 5.82 Å². The largest absolute Gasteiger partial charge is 0.357 e. The quantitative estimate of drug-likeness (QED) is 0.605. The van der Waals surface area contributed by atoms with E-state index in [-0.39, 0.29) is 5.78 Å². The summed E-state index contributed by atoms with van der Waals surface area (Å²) < 4.78 is 0. The van der Waals surface area contributed by atoms with Gasteiger partial charge in [-0.1, -0.05) is 25.7 Å². The molecule has 0 amide bonds. The van der Waals surface area contributed by atoms with Crippen molar-refractivity contribution in [2.75, 3.05) is 11.9 Å². The molecule has 1 saturated carbocycles. The van der Waals surface area contributed by atoms with E-state index in [1.807, 2.05) is 12.1 Å². The second-order valence-electron chi connectivity index (χ2n) is 5.22. The minimum absolute atomic E-state index is 0.0752. The molecule has 3 nitrogen and oxygen atoms in total. The summed E-state index contributed by atoms with van der Waals surface area (Å²) in [5.74, 6) is 1.05. The van der Waals surface area contributed by atoms with Gasteiger partial charge in [-0.25, -0.2) is 4.98 Å². The van der Waals surface area contributed by atoms with Crippen molar-refractivity contribution in [1.29, 1.82) is 0 Å². The van der Waals surface area contributed by atoms with Gasteiger partial charge in [0.25, 0.3) is 0 Å². The van der Waals surface area contributed by atoms with Gasteiger partial charge in [-0.3, -0.25) is 4.79 Å². The first-order valence-corrected chi connectivity index (χ1v) is 6.88. The summed E-state index contributed by atoms with van der Waals surface area (Å²) in [6.45, 7) is 1.58. The maximum absolute atomic E-state index is 11.2. The molecule has 2 rings (SSSR count). The molecule has 1 heterocycles. The Morgan fingerprint density at radius 2 is 1.89 bits per heavy atom. The van der Waals surface area contributed by atoms with Crippen LogP contribution in [-0.4, -0.2) is 23.9 Å². The highest BCUT2D eigenvalue weighted by atomic mass is 16.1. The summed E-state index contributed by atoms with van der Waals surface area (Å²) >= 11 is 0. The Hall–Kier alpha value is -1.38. The molecule has 0 aromatic carbocycles. The van der Waals surface area contributed by atoms with Crippen molar-refractivity contribution in [3.05, 3.63) is 23.9 Å². The van der Waals surface area contributed by atoms with E-state index < -0.39 is 0 Å². The van der Waals surface area contributed by atoms with Crippen LogP contribution in [0.4, 0.5) is 5.82 Å². The minimum Gasteiger partial charge on any atom is -0.357 e. The van der Waals surface area contributed by atoms with Crippen molar-refractivity contribution in [2.24, 2.45) is 0 Å². The molecular weight excluding hydrogens is 224 g/mol. The van der Waals surface area contributed by atoms with Crippen LogP contribution in [0.5, 0.6) is 0 Å². The van der Waals surface area contributed by atoms with Crippen LogP contribution in [0.15, 0.2) is 18.3 Å². The highest BCUT2D eigenvalue weighted by Gasteiger charge is 2.18. The van der Waals surface area contributed by atoms with Crippen molar-refractivity contribution >= 4 is 11.6 Å². The average Bonchev–Trinajstić information content (AvgIpc) is 2.67. The van der Waals surface area contributed by atoms with Crippen LogP contribution in [0.1, 0.15) is 55.8 Å². The van der Waals surface area contributed by atoms with Gasteiger partial charge in [0, 0.05) is 24.8 Å². The van der Waals surface area contributed by atoms with Gasteiger partial charge < -0.3 is 4.90 Å². The van der Waals surface area contributed by atoms with Crippen LogP contribution in [0.2, 0.25) is 0 Å². The number of carbonyl (C=O) groups is 1. The molecule has 0 spiro atoms. The molecule has 0 saturated heterocycles. The molecule has 0 bridgehead atoms. The molecule has 3 heteroatoms. The third kappa shape index (κ3) is 3.09. The third-order valence-corrected chi connectivity index (χ3v) is 3.89. The Kier molecular flexibility index (Phi) is 4.34. The molecule has 0 N–H and O–H groups in total. The average molecular weight is 246 g/mol. The summed E-state index contributed by atoms with van der Waals surface area (Å²) in [6.07, 6.45) is 9.56. The van der Waals surface area contributed by atoms with Gasteiger partial charge in [-0.2, -0.15) is 0 Å². The third-order valence-electron chi connectivity index (χ3n) is 3.89. The van der Waals surface area contributed by atoms with E-state index in [2.05, 4.69) is 16.9 Å². The number of rotatable bonds is 3. The smallest absolute Gasteiger partial charge is 0.161 e. The van der Waals surface area contributed by atoms with Gasteiger partial charge in [0.2, 0.25) is 0 Å². The number of pyridine rings is 1. The van der Waals surface area contributed by atoms with Crippen molar-refractivity contribution < 1.29 is 4.79 Å². The standard InChI is InChI=1S/C15H22N2O/c1-12(18)13-9-10-15(16-11-13)17(2)14-7-5-3-4-6-8-14/h9-11,14H,3-8H2,1-2H3. The van der Waals surface area contributed by atoms with Gasteiger partial charge in [0.15, 0.2) is 5.78 Å². The van der Waals surface area contributed by atoms with Crippen molar-refractivity contribution in [2.45, 2.75) is 51.5 Å². The van der Waals surface area contributed by atoms with E-state index in [0.717, 1.165) is 5.82 Å². The van der Waals surface area contributed by atoms with Gasteiger partial charge in [-0.15, -0.1) is 0 Å². The number of anilines is 1. The SMILES string of the molecule is CC(=O)c1ccc(N(C)C2CCCCCC2)nc1. The number of carbonyl (C=O) groups excluding carboxylic acids is 1. The Morgan fingerprint density at radius 1 is 1.22 bits per heavy atom. The highest BCUT2D eigenvalue weighted by molar-refractivity contribution is 5.93. The number of nitrogens with zero attached hydrogens (tertiary/aromatic N) is 2. The van der Waals surface area contributed by atoms with E-state index in [4.69, 9.17) is 0 Å². The maximum atomic E-state index is 11.2. The normalized spacial score (nSPS) is 17.2. The summed E-state index contributed by atoms with van der Waals surface area (Å²) in [7, 11) is 2.12. The molecule has 1 aromatic rings. The minimum atomic E-state index is 0.0752. The van der Waals surface area contributed by atoms with Crippen molar-refractivity contribution in [3.63, 3.8) is 0 Å². The van der Waals surface area contributed by atoms with Crippen LogP contribution in [0.25, 0.3) is 0 Å². The molecule has 18 heavy (non-hydrogen) atoms. The lowest BCUT2D eigenvalue weighted by molar-refractivity contribution is 0.101. The first-order chi connectivity index (χ1) is 8.68. The molecule has 98 valence electrons. The number of Topliss-reactive ketones (excluding diaryl/α,β-unsaturated/α-hetero) is 1. The summed E-state index contributed by atoms with van der Waals surface area (Å²) in [5.41, 5.74) is 0.688. The number of ketones is 1. The van der Waals surface area contributed by atoms with Crippen molar-refractivity contribution in [3.8, 4) is 0 Å². The van der Waals surface area contributed by atoms with Crippen LogP contribution in [0, 0.1) is 0 Å². The molecule has 1 fully saturated rings. The molecule has 1 aliphatic rings. The molecule has 1 aromatic heterocycles. The van der Waals surface area contributed by atoms with Crippen molar-refractivity contribution in [1.82, 2.24) is 4.98 Å². The predicted molar refractivity (Wildman–Crippen MR) is 74.1 cm³/mol. The van der Waals surface area contributed by atoms with Crippen LogP contribution < -0.4 is 4.90 Å². The summed E-state index contributed by atoms with van der Waals surface area (Å²) in [6, 6.07) is 4.43. The lowest BCUT2D eigenvalue weighted by Gasteiger charge is -2.28. The zero-order valence-corrected chi connectivity index (χ0v) is 11.4. The fourth-order valence-electron chi connectivity index (χ4n) is 2.64. The fraction of sp³-hybridized carbons (Fsp3) is 0.600. The highest BCUT2D eigenvalue weighted by Crippen LogP contribution is 2.24. The second-order valence-corrected chi connectivity index (χ2v) is 5.22. The van der Waals surface area contributed by atoms with Gasteiger partial charge in [0.05, 0.1) is 0 Å². The Bertz CT molecular complexity index is 391. The topological polar surface area (TPSA) is 33.2 Å². The Labute approximate surface area is 109 Å². The predicted octanol–water partition coefficient (Wildman–Crippen LogP) is 3.44. The number of hydrogen-bond acceptors (Lipinski definition) is 3. The van der Waals surface area contributed by atoms with E-state index in [0.29, 0.717) is 11.6 Å². The summed E-state index contributed by atoms with van der Waals surface area (Å²) in [5, 5.41) is 0. The second kappa shape index (κ2) is 5.98. The molecule has 0 radical (unpaired) electrons. The molecular formula is C15H22N2O. The molecule has 0 atom stereocenters.